The predicted molar refractivity (Wildman–Crippen MR) is 111 cm³/mol. The Kier molecular flexibility index (Phi) is 5.94. The van der Waals surface area contributed by atoms with Crippen molar-refractivity contribution in [1.82, 2.24) is 9.78 Å². The first-order chi connectivity index (χ1) is 13.4. The molecule has 0 radical (unpaired) electrons. The molecule has 7 heteroatoms. The third-order valence-corrected chi connectivity index (χ3v) is 5.17. The molecule has 0 fully saturated rings. The van der Waals surface area contributed by atoms with E-state index < -0.39 is 18.0 Å². The number of hydrogen-bond acceptors (Lipinski definition) is 5. The first-order valence-corrected chi connectivity index (χ1v) is 9.94. The van der Waals surface area contributed by atoms with Crippen molar-refractivity contribution in [3.8, 4) is 11.1 Å². The fourth-order valence-electron chi connectivity index (χ4n) is 2.75. The number of carbonyl (C=O) groups excluding carboxylic acids is 2. The molecule has 3 aromatic rings. The Morgan fingerprint density at radius 2 is 1.82 bits per heavy atom. The molecule has 0 aliphatic heterocycles. The molecule has 2 aromatic heterocycles. The fourth-order valence-corrected chi connectivity index (χ4v) is 3.55. The largest absolute Gasteiger partial charge is 0.448 e. The summed E-state index contributed by atoms with van der Waals surface area (Å²) in [5, 5.41) is 8.78. The highest BCUT2D eigenvalue weighted by molar-refractivity contribution is 7.12. The van der Waals surface area contributed by atoms with Gasteiger partial charge in [-0.3, -0.25) is 4.79 Å². The number of anilines is 1. The van der Waals surface area contributed by atoms with Gasteiger partial charge in [0.1, 0.15) is 10.7 Å². The molecule has 1 aromatic carbocycles. The highest BCUT2D eigenvalue weighted by atomic mass is 32.1. The summed E-state index contributed by atoms with van der Waals surface area (Å²) >= 11 is 1.30. The van der Waals surface area contributed by atoms with Crippen LogP contribution in [0.1, 0.15) is 42.0 Å². The normalized spacial score (nSPS) is 12.0. The average Bonchev–Trinajstić information content (AvgIpc) is 3.31. The molecule has 28 heavy (non-hydrogen) atoms. The van der Waals surface area contributed by atoms with Crippen molar-refractivity contribution in [3.63, 3.8) is 0 Å². The molecule has 146 valence electrons. The molecule has 0 saturated heterocycles. The zero-order valence-electron chi connectivity index (χ0n) is 16.3. The van der Waals surface area contributed by atoms with Crippen LogP contribution in [0.2, 0.25) is 0 Å². The predicted octanol–water partition coefficient (Wildman–Crippen LogP) is 4.68. The van der Waals surface area contributed by atoms with Gasteiger partial charge in [-0.25, -0.2) is 9.48 Å². The number of aryl methyl sites for hydroxylation is 1. The second-order valence-corrected chi connectivity index (χ2v) is 7.74. The van der Waals surface area contributed by atoms with Crippen molar-refractivity contribution in [2.24, 2.45) is 0 Å². The fraction of sp³-hybridized carbons (Fsp3) is 0.286. The van der Waals surface area contributed by atoms with Gasteiger partial charge in [0.15, 0.2) is 6.10 Å². The van der Waals surface area contributed by atoms with Crippen LogP contribution in [0.3, 0.4) is 0 Å². The van der Waals surface area contributed by atoms with Crippen LogP contribution in [0.15, 0.2) is 48.0 Å². The van der Waals surface area contributed by atoms with E-state index in [1.807, 2.05) is 56.5 Å². The lowest BCUT2D eigenvalue weighted by Gasteiger charge is -2.16. The SMILES string of the molecule is Cc1ccc(-c2ccsc2C(=O)O[C@@H](C)C(=O)Nc2ccnn2C(C)C)cc1. The number of ether oxygens (including phenoxy) is 1. The lowest BCUT2D eigenvalue weighted by molar-refractivity contribution is -0.123. The molecule has 6 nitrogen and oxygen atoms in total. The van der Waals surface area contributed by atoms with Crippen LogP contribution in [0, 0.1) is 6.92 Å². The zero-order valence-corrected chi connectivity index (χ0v) is 17.1. The summed E-state index contributed by atoms with van der Waals surface area (Å²) in [6, 6.07) is 11.6. The van der Waals surface area contributed by atoms with Crippen molar-refractivity contribution in [2.45, 2.75) is 39.8 Å². The van der Waals surface area contributed by atoms with Crippen LogP contribution in [0.5, 0.6) is 0 Å². The summed E-state index contributed by atoms with van der Waals surface area (Å²) in [7, 11) is 0. The van der Waals surface area contributed by atoms with Gasteiger partial charge in [0.05, 0.1) is 6.20 Å². The number of benzene rings is 1. The topological polar surface area (TPSA) is 73.2 Å². The van der Waals surface area contributed by atoms with E-state index in [1.165, 1.54) is 11.3 Å². The quantitative estimate of drug-likeness (QED) is 0.613. The van der Waals surface area contributed by atoms with Gasteiger partial charge < -0.3 is 10.1 Å². The van der Waals surface area contributed by atoms with Crippen molar-refractivity contribution in [1.29, 1.82) is 0 Å². The highest BCUT2D eigenvalue weighted by Gasteiger charge is 2.23. The molecule has 1 amide bonds. The summed E-state index contributed by atoms with van der Waals surface area (Å²) in [5.74, 6) is -0.339. The number of esters is 1. The van der Waals surface area contributed by atoms with Crippen LogP contribution in [-0.2, 0) is 9.53 Å². The third-order valence-electron chi connectivity index (χ3n) is 4.28. The second-order valence-electron chi connectivity index (χ2n) is 6.82. The van der Waals surface area contributed by atoms with Crippen molar-refractivity contribution >= 4 is 29.0 Å². The van der Waals surface area contributed by atoms with Gasteiger partial charge in [0.2, 0.25) is 0 Å². The van der Waals surface area contributed by atoms with E-state index in [4.69, 9.17) is 4.74 Å². The van der Waals surface area contributed by atoms with Crippen LogP contribution in [0.25, 0.3) is 11.1 Å². The molecule has 1 atom stereocenters. The Hall–Kier alpha value is -2.93. The van der Waals surface area contributed by atoms with E-state index in [2.05, 4.69) is 10.4 Å². The standard InChI is InChI=1S/C21H23N3O3S/c1-13(2)24-18(9-11-22-24)23-20(25)15(4)27-21(26)19-17(10-12-28-19)16-7-5-14(3)6-8-16/h5-13,15H,1-4H3,(H,23,25)/t15-/m0/s1. The lowest BCUT2D eigenvalue weighted by atomic mass is 10.1. The molecule has 0 aliphatic rings. The molecular weight excluding hydrogens is 374 g/mol. The molecule has 1 N–H and O–H groups in total. The molecule has 0 unspecified atom stereocenters. The summed E-state index contributed by atoms with van der Waals surface area (Å²) in [6.07, 6.45) is 0.683. The van der Waals surface area contributed by atoms with Gasteiger partial charge in [-0.05, 0) is 44.7 Å². The number of aromatic nitrogens is 2. The van der Waals surface area contributed by atoms with E-state index >= 15 is 0 Å². The van der Waals surface area contributed by atoms with Gasteiger partial charge in [-0.15, -0.1) is 11.3 Å². The first kappa shape index (κ1) is 19.8. The number of rotatable bonds is 6. The summed E-state index contributed by atoms with van der Waals surface area (Å²) in [6.45, 7) is 7.51. The summed E-state index contributed by atoms with van der Waals surface area (Å²) in [5.41, 5.74) is 2.89. The molecule has 0 aliphatic carbocycles. The Labute approximate surface area is 168 Å². The van der Waals surface area contributed by atoms with Gasteiger partial charge in [0.25, 0.3) is 5.91 Å². The van der Waals surface area contributed by atoms with Crippen molar-refractivity contribution < 1.29 is 14.3 Å². The third kappa shape index (κ3) is 4.31. The van der Waals surface area contributed by atoms with Gasteiger partial charge in [0, 0.05) is 17.7 Å². The van der Waals surface area contributed by atoms with Crippen molar-refractivity contribution in [3.05, 3.63) is 58.4 Å². The summed E-state index contributed by atoms with van der Waals surface area (Å²) < 4.78 is 7.12. The number of thiophene rings is 1. The molecule has 0 spiro atoms. The smallest absolute Gasteiger partial charge is 0.349 e. The zero-order chi connectivity index (χ0) is 20.3. The van der Waals surface area contributed by atoms with Gasteiger partial charge in [-0.2, -0.15) is 5.10 Å². The van der Waals surface area contributed by atoms with Gasteiger partial charge in [-0.1, -0.05) is 29.8 Å². The lowest BCUT2D eigenvalue weighted by Crippen LogP contribution is -2.31. The Balaban J connectivity index is 1.69. The Morgan fingerprint density at radius 3 is 2.50 bits per heavy atom. The minimum Gasteiger partial charge on any atom is -0.448 e. The number of carbonyl (C=O) groups is 2. The van der Waals surface area contributed by atoms with E-state index in [9.17, 15) is 9.59 Å². The molecular formula is C21H23N3O3S. The maximum Gasteiger partial charge on any atom is 0.349 e. The van der Waals surface area contributed by atoms with Crippen LogP contribution in [0.4, 0.5) is 5.82 Å². The average molecular weight is 398 g/mol. The monoisotopic (exact) mass is 397 g/mol. The number of amides is 1. The maximum absolute atomic E-state index is 12.6. The van der Waals surface area contributed by atoms with Gasteiger partial charge >= 0.3 is 5.97 Å². The van der Waals surface area contributed by atoms with E-state index in [0.717, 1.165) is 16.7 Å². The van der Waals surface area contributed by atoms with Crippen LogP contribution in [-0.4, -0.2) is 27.8 Å². The van der Waals surface area contributed by atoms with Crippen molar-refractivity contribution in [2.75, 3.05) is 5.32 Å². The number of nitrogens with zero attached hydrogens (tertiary/aromatic N) is 2. The molecule has 3 rings (SSSR count). The maximum atomic E-state index is 12.6. The highest BCUT2D eigenvalue weighted by Crippen LogP contribution is 2.29. The first-order valence-electron chi connectivity index (χ1n) is 9.06. The van der Waals surface area contributed by atoms with E-state index in [0.29, 0.717) is 10.7 Å². The summed E-state index contributed by atoms with van der Waals surface area (Å²) in [4.78, 5) is 25.6. The molecule has 0 saturated carbocycles. The van der Waals surface area contributed by atoms with Crippen LogP contribution < -0.4 is 5.32 Å². The van der Waals surface area contributed by atoms with E-state index in [-0.39, 0.29) is 6.04 Å². The number of nitrogens with one attached hydrogen (secondary N) is 1. The van der Waals surface area contributed by atoms with E-state index in [1.54, 1.807) is 23.9 Å². The molecule has 2 heterocycles. The molecule has 0 bridgehead atoms. The minimum absolute atomic E-state index is 0.103. The Morgan fingerprint density at radius 1 is 1.11 bits per heavy atom. The Bertz CT molecular complexity index is 973. The van der Waals surface area contributed by atoms with Crippen LogP contribution >= 0.6 is 11.3 Å². The second kappa shape index (κ2) is 8.39. The minimum atomic E-state index is -0.934. The number of hydrogen-bond donors (Lipinski definition) is 1.